The van der Waals surface area contributed by atoms with Crippen molar-refractivity contribution in [2.75, 3.05) is 26.2 Å². The molecule has 1 aliphatic rings. The predicted molar refractivity (Wildman–Crippen MR) is 117 cm³/mol. The molecule has 156 valence electrons. The molecule has 1 fully saturated rings. The molecular weight excluding hydrogens is 396 g/mol. The minimum Gasteiger partial charge on any atom is -0.330 e. The molecule has 0 unspecified atom stereocenters. The zero-order valence-electron chi connectivity index (χ0n) is 17.4. The lowest BCUT2D eigenvalue weighted by Crippen LogP contribution is -3.13. The number of aromatic nitrogens is 4. The van der Waals surface area contributed by atoms with Gasteiger partial charge in [0.25, 0.3) is 0 Å². The Kier molecular flexibility index (Phi) is 6.44. The lowest BCUT2D eigenvalue weighted by molar-refractivity contribution is -0.917. The first kappa shape index (κ1) is 20.6. The molecule has 1 atom stereocenters. The minimum atomic E-state index is -0.200. The van der Waals surface area contributed by atoms with Gasteiger partial charge in [-0.05, 0) is 19.1 Å². The molecule has 1 aliphatic heterocycles. The van der Waals surface area contributed by atoms with E-state index in [1.54, 1.807) is 12.4 Å². The van der Waals surface area contributed by atoms with Crippen molar-refractivity contribution in [2.24, 2.45) is 7.05 Å². The fourth-order valence-electron chi connectivity index (χ4n) is 3.74. The van der Waals surface area contributed by atoms with Crippen molar-refractivity contribution in [2.45, 2.75) is 23.9 Å². The third kappa shape index (κ3) is 4.71. The van der Waals surface area contributed by atoms with Gasteiger partial charge in [0.1, 0.15) is 6.54 Å². The maximum absolute atomic E-state index is 13.0. The van der Waals surface area contributed by atoms with E-state index in [2.05, 4.69) is 39.4 Å². The maximum Gasteiger partial charge on any atom is 0.236 e. The second-order valence-electron chi connectivity index (χ2n) is 7.60. The zero-order chi connectivity index (χ0) is 20.9. The number of nitrogens with one attached hydrogen (secondary N) is 1. The van der Waals surface area contributed by atoms with E-state index in [9.17, 15) is 4.79 Å². The van der Waals surface area contributed by atoms with Gasteiger partial charge in [0, 0.05) is 30.6 Å². The van der Waals surface area contributed by atoms with Crippen LogP contribution in [0.3, 0.4) is 0 Å². The smallest absolute Gasteiger partial charge is 0.236 e. The van der Waals surface area contributed by atoms with E-state index in [1.165, 1.54) is 22.2 Å². The van der Waals surface area contributed by atoms with E-state index >= 15 is 0 Å². The average molecular weight is 424 g/mol. The topological polar surface area (TPSA) is 68.4 Å². The van der Waals surface area contributed by atoms with Gasteiger partial charge < -0.3 is 14.4 Å². The standard InChI is InChI=1S/C22H26N6OS/c1-17(30-22-25-24-20(26(22)2)19-8-10-23-11-9-19)21(29)28-14-12-27(13-15-28)16-18-6-4-3-5-7-18/h3-11,17H,12-16H2,1-2H3/p+1/t17-/m1/s1. The van der Waals surface area contributed by atoms with Gasteiger partial charge in [-0.1, -0.05) is 42.1 Å². The van der Waals surface area contributed by atoms with Crippen molar-refractivity contribution in [1.29, 1.82) is 0 Å². The van der Waals surface area contributed by atoms with E-state index in [-0.39, 0.29) is 11.2 Å². The van der Waals surface area contributed by atoms with Gasteiger partial charge in [-0.3, -0.25) is 9.78 Å². The van der Waals surface area contributed by atoms with Crippen LogP contribution in [0.5, 0.6) is 0 Å². The van der Waals surface area contributed by atoms with E-state index in [4.69, 9.17) is 0 Å². The summed E-state index contributed by atoms with van der Waals surface area (Å²) in [6.07, 6.45) is 3.48. The number of carbonyl (C=O) groups is 1. The third-order valence-electron chi connectivity index (χ3n) is 5.48. The number of piperazine rings is 1. The van der Waals surface area contributed by atoms with Crippen molar-refractivity contribution in [3.63, 3.8) is 0 Å². The molecule has 3 aromatic rings. The van der Waals surface area contributed by atoms with Gasteiger partial charge in [-0.2, -0.15) is 0 Å². The quantitative estimate of drug-likeness (QED) is 0.605. The molecule has 1 N–H and O–H groups in total. The summed E-state index contributed by atoms with van der Waals surface area (Å²) < 4.78 is 1.94. The zero-order valence-corrected chi connectivity index (χ0v) is 18.2. The SMILES string of the molecule is C[C@@H](Sc1nnc(-c2ccncc2)n1C)C(=O)N1CC[NH+](Cc2ccccc2)CC1. The van der Waals surface area contributed by atoms with Crippen LogP contribution < -0.4 is 4.90 Å². The molecule has 3 heterocycles. The summed E-state index contributed by atoms with van der Waals surface area (Å²) in [6, 6.07) is 14.4. The van der Waals surface area contributed by atoms with Crippen molar-refractivity contribution in [1.82, 2.24) is 24.6 Å². The van der Waals surface area contributed by atoms with Crippen LogP contribution in [0, 0.1) is 0 Å². The second kappa shape index (κ2) is 9.40. The first-order chi connectivity index (χ1) is 14.6. The molecule has 4 rings (SSSR count). The molecule has 0 spiro atoms. The van der Waals surface area contributed by atoms with Gasteiger partial charge in [0.05, 0.1) is 31.4 Å². The van der Waals surface area contributed by atoms with Crippen LogP contribution in [0.2, 0.25) is 0 Å². The summed E-state index contributed by atoms with van der Waals surface area (Å²) in [6.45, 7) is 6.53. The molecule has 0 aliphatic carbocycles. The summed E-state index contributed by atoms with van der Waals surface area (Å²) in [5.41, 5.74) is 2.31. The molecular formula is C22H27N6OS+. The van der Waals surface area contributed by atoms with E-state index in [0.717, 1.165) is 49.3 Å². The van der Waals surface area contributed by atoms with Crippen molar-refractivity contribution >= 4 is 17.7 Å². The number of carbonyl (C=O) groups excluding carboxylic acids is 1. The minimum absolute atomic E-state index is 0.173. The number of thioether (sulfide) groups is 1. The number of quaternary nitrogens is 1. The van der Waals surface area contributed by atoms with Gasteiger partial charge in [0.15, 0.2) is 11.0 Å². The number of hydrogen-bond donors (Lipinski definition) is 1. The summed E-state index contributed by atoms with van der Waals surface area (Å²) in [5, 5.41) is 9.14. The van der Waals surface area contributed by atoms with Crippen molar-refractivity contribution in [3.05, 3.63) is 60.4 Å². The summed E-state index contributed by atoms with van der Waals surface area (Å²) in [5.74, 6) is 0.949. The molecule has 0 bridgehead atoms. The van der Waals surface area contributed by atoms with E-state index < -0.39 is 0 Å². The van der Waals surface area contributed by atoms with E-state index in [0.29, 0.717) is 0 Å². The van der Waals surface area contributed by atoms with Crippen LogP contribution in [-0.4, -0.2) is 62.0 Å². The van der Waals surface area contributed by atoms with Crippen molar-refractivity contribution in [3.8, 4) is 11.4 Å². The highest BCUT2D eigenvalue weighted by molar-refractivity contribution is 8.00. The Labute approximate surface area is 181 Å². The van der Waals surface area contributed by atoms with Crippen molar-refractivity contribution < 1.29 is 9.69 Å². The number of rotatable bonds is 6. The fraction of sp³-hybridized carbons (Fsp3) is 0.364. The molecule has 1 amide bonds. The molecule has 0 saturated carbocycles. The second-order valence-corrected chi connectivity index (χ2v) is 8.91. The van der Waals surface area contributed by atoms with Gasteiger partial charge >= 0.3 is 0 Å². The molecule has 1 aromatic carbocycles. The van der Waals surface area contributed by atoms with Crippen LogP contribution in [0.25, 0.3) is 11.4 Å². The summed E-state index contributed by atoms with van der Waals surface area (Å²) >= 11 is 1.47. The van der Waals surface area contributed by atoms with Crippen LogP contribution in [0.15, 0.2) is 60.0 Å². The van der Waals surface area contributed by atoms with Crippen LogP contribution in [0.4, 0.5) is 0 Å². The van der Waals surface area contributed by atoms with Crippen LogP contribution in [-0.2, 0) is 18.4 Å². The monoisotopic (exact) mass is 423 g/mol. The Morgan fingerprint density at radius 2 is 1.80 bits per heavy atom. The average Bonchev–Trinajstić information content (AvgIpc) is 3.15. The lowest BCUT2D eigenvalue weighted by atomic mass is 10.2. The van der Waals surface area contributed by atoms with Crippen LogP contribution >= 0.6 is 11.8 Å². The number of nitrogens with zero attached hydrogens (tertiary/aromatic N) is 5. The predicted octanol–water partition coefficient (Wildman–Crippen LogP) is 1.28. The molecule has 7 nitrogen and oxygen atoms in total. The van der Waals surface area contributed by atoms with Crippen LogP contribution in [0.1, 0.15) is 12.5 Å². The first-order valence-electron chi connectivity index (χ1n) is 10.2. The Bertz CT molecular complexity index is 970. The fourth-order valence-corrected chi connectivity index (χ4v) is 4.64. The van der Waals surface area contributed by atoms with Gasteiger partial charge in [0.2, 0.25) is 5.91 Å². The van der Waals surface area contributed by atoms with E-state index in [1.807, 2.05) is 41.6 Å². The normalized spacial score (nSPS) is 15.9. The number of benzene rings is 1. The highest BCUT2D eigenvalue weighted by atomic mass is 32.2. The Balaban J connectivity index is 1.32. The molecule has 2 aromatic heterocycles. The maximum atomic E-state index is 13.0. The largest absolute Gasteiger partial charge is 0.330 e. The van der Waals surface area contributed by atoms with Gasteiger partial charge in [-0.25, -0.2) is 0 Å². The lowest BCUT2D eigenvalue weighted by Gasteiger charge is -2.33. The summed E-state index contributed by atoms with van der Waals surface area (Å²) in [7, 11) is 1.93. The number of amides is 1. The third-order valence-corrected chi connectivity index (χ3v) is 6.60. The highest BCUT2D eigenvalue weighted by Crippen LogP contribution is 2.26. The molecule has 0 radical (unpaired) electrons. The Hall–Kier alpha value is -2.71. The number of hydrogen-bond acceptors (Lipinski definition) is 5. The first-order valence-corrected chi connectivity index (χ1v) is 11.1. The molecule has 8 heteroatoms. The highest BCUT2D eigenvalue weighted by Gasteiger charge is 2.28. The van der Waals surface area contributed by atoms with Gasteiger partial charge in [-0.15, -0.1) is 10.2 Å². The Morgan fingerprint density at radius 1 is 1.10 bits per heavy atom. The Morgan fingerprint density at radius 3 is 2.50 bits per heavy atom. The molecule has 30 heavy (non-hydrogen) atoms. The summed E-state index contributed by atoms with van der Waals surface area (Å²) in [4.78, 5) is 20.6. The number of pyridine rings is 1. The molecule has 1 saturated heterocycles.